The number of ketones is 1. The monoisotopic (exact) mass is 426 g/mol. The van der Waals surface area contributed by atoms with Crippen molar-refractivity contribution < 1.29 is 14.0 Å². The van der Waals surface area contributed by atoms with Crippen LogP contribution in [0, 0.1) is 25.6 Å². The Hall–Kier alpha value is -2.87. The summed E-state index contributed by atoms with van der Waals surface area (Å²) in [4.78, 5) is 40.9. The van der Waals surface area contributed by atoms with Crippen molar-refractivity contribution in [1.29, 1.82) is 0 Å². The van der Waals surface area contributed by atoms with E-state index in [2.05, 4.69) is 17.1 Å². The van der Waals surface area contributed by atoms with Crippen molar-refractivity contribution in [3.63, 3.8) is 0 Å². The van der Waals surface area contributed by atoms with Crippen LogP contribution in [-0.2, 0) is 11.2 Å². The minimum atomic E-state index is -0.613. The summed E-state index contributed by atoms with van der Waals surface area (Å²) < 4.78 is 14.6. The van der Waals surface area contributed by atoms with Gasteiger partial charge in [0.1, 0.15) is 5.82 Å². The highest BCUT2D eigenvalue weighted by Gasteiger charge is 2.39. The van der Waals surface area contributed by atoms with E-state index in [0.717, 1.165) is 24.9 Å². The molecule has 4 rings (SSSR count). The maximum atomic E-state index is 14.6. The van der Waals surface area contributed by atoms with E-state index >= 15 is 0 Å². The van der Waals surface area contributed by atoms with Gasteiger partial charge in [0.2, 0.25) is 0 Å². The molecule has 0 saturated carbocycles. The number of fused-ring (bicyclic) bond motifs is 1. The molecular formula is C23H27FN4O3. The molecule has 0 unspecified atom stereocenters. The molecule has 164 valence electrons. The predicted molar refractivity (Wildman–Crippen MR) is 113 cm³/mol. The Bertz CT molecular complexity index is 1100. The SMILES string of the molecule is Cc1c(Cc2ccc(F)c(C(=O)N3CC(=O)[C@@H]4C[C@@H](C)CCN4C3)c2)n[nH]c(=O)c1C. The molecule has 0 spiro atoms. The van der Waals surface area contributed by atoms with Crippen LogP contribution in [0.1, 0.15) is 52.5 Å². The molecule has 0 radical (unpaired) electrons. The standard InChI is InChI=1S/C23H27FN4O3/c1-13-6-7-27-12-28(11-21(29)20(27)8-13)23(31)17-9-16(4-5-18(17)24)10-19-14(2)15(3)22(30)26-25-19/h4-5,9,13,20H,6-8,10-12H2,1-3H3,(H,26,30)/t13-,20-/m0/s1. The summed E-state index contributed by atoms with van der Waals surface area (Å²) in [5.74, 6) is -0.577. The summed E-state index contributed by atoms with van der Waals surface area (Å²) in [6, 6.07) is 4.26. The maximum absolute atomic E-state index is 14.6. The molecule has 2 atom stereocenters. The van der Waals surface area contributed by atoms with Gasteiger partial charge in [-0.05, 0) is 55.9 Å². The Labute approximate surface area is 180 Å². The summed E-state index contributed by atoms with van der Waals surface area (Å²) in [7, 11) is 0. The van der Waals surface area contributed by atoms with Crippen molar-refractivity contribution in [3.8, 4) is 0 Å². The van der Waals surface area contributed by atoms with Gasteiger partial charge in [0, 0.05) is 18.5 Å². The van der Waals surface area contributed by atoms with E-state index in [1.54, 1.807) is 13.0 Å². The van der Waals surface area contributed by atoms with Crippen LogP contribution < -0.4 is 5.56 Å². The molecule has 8 heteroatoms. The van der Waals surface area contributed by atoms with Gasteiger partial charge in [-0.3, -0.25) is 19.3 Å². The van der Waals surface area contributed by atoms with Gasteiger partial charge in [-0.1, -0.05) is 13.0 Å². The fraction of sp³-hybridized carbons (Fsp3) is 0.478. The van der Waals surface area contributed by atoms with E-state index in [0.29, 0.717) is 35.8 Å². The van der Waals surface area contributed by atoms with Gasteiger partial charge in [0.05, 0.1) is 30.5 Å². The van der Waals surface area contributed by atoms with Gasteiger partial charge >= 0.3 is 0 Å². The molecule has 1 aromatic heterocycles. The van der Waals surface area contributed by atoms with Crippen molar-refractivity contribution in [1.82, 2.24) is 20.0 Å². The number of hydrogen-bond acceptors (Lipinski definition) is 5. The van der Waals surface area contributed by atoms with Crippen molar-refractivity contribution in [2.24, 2.45) is 5.92 Å². The summed E-state index contributed by atoms with van der Waals surface area (Å²) in [6.45, 7) is 6.80. The maximum Gasteiger partial charge on any atom is 0.267 e. The summed E-state index contributed by atoms with van der Waals surface area (Å²) >= 11 is 0. The molecule has 1 N–H and O–H groups in total. The molecule has 3 heterocycles. The van der Waals surface area contributed by atoms with Gasteiger partial charge in [-0.2, -0.15) is 5.10 Å². The zero-order valence-electron chi connectivity index (χ0n) is 18.1. The number of Topliss-reactive ketones (excluding diaryl/α,β-unsaturated/α-hetero) is 1. The zero-order valence-corrected chi connectivity index (χ0v) is 18.1. The molecule has 0 aliphatic carbocycles. The number of nitrogens with zero attached hydrogens (tertiary/aromatic N) is 3. The second-order valence-corrected chi connectivity index (χ2v) is 8.81. The average Bonchev–Trinajstić information content (AvgIpc) is 2.75. The highest BCUT2D eigenvalue weighted by atomic mass is 19.1. The number of carbonyl (C=O) groups excluding carboxylic acids is 2. The van der Waals surface area contributed by atoms with Gasteiger partial charge in [-0.15, -0.1) is 0 Å². The van der Waals surface area contributed by atoms with Crippen LogP contribution in [0.3, 0.4) is 0 Å². The molecule has 2 aliphatic rings. The number of benzene rings is 1. The summed E-state index contributed by atoms with van der Waals surface area (Å²) in [5, 5.41) is 6.57. The number of aromatic nitrogens is 2. The molecule has 2 aromatic rings. The number of hydrogen-bond donors (Lipinski definition) is 1. The van der Waals surface area contributed by atoms with Crippen LogP contribution in [0.25, 0.3) is 0 Å². The number of aromatic amines is 1. The second-order valence-electron chi connectivity index (χ2n) is 8.81. The van der Waals surface area contributed by atoms with Crippen LogP contribution in [0.15, 0.2) is 23.0 Å². The van der Waals surface area contributed by atoms with Crippen molar-refractivity contribution in [3.05, 3.63) is 62.3 Å². The lowest BCUT2D eigenvalue weighted by atomic mass is 9.89. The lowest BCUT2D eigenvalue weighted by Crippen LogP contribution is -2.60. The molecule has 7 nitrogen and oxygen atoms in total. The number of nitrogens with one attached hydrogen (secondary N) is 1. The van der Waals surface area contributed by atoms with Crippen LogP contribution in [0.4, 0.5) is 4.39 Å². The molecule has 1 amide bonds. The first-order chi connectivity index (χ1) is 14.7. The number of carbonyl (C=O) groups is 2. The summed E-state index contributed by atoms with van der Waals surface area (Å²) in [6.07, 6.45) is 2.16. The quantitative estimate of drug-likeness (QED) is 0.813. The van der Waals surface area contributed by atoms with Gasteiger partial charge < -0.3 is 4.90 Å². The number of rotatable bonds is 3. The Morgan fingerprint density at radius 1 is 1.26 bits per heavy atom. The van der Waals surface area contributed by atoms with Gasteiger partial charge in [0.25, 0.3) is 11.5 Å². The normalized spacial score (nSPS) is 21.8. The second kappa shape index (κ2) is 8.34. The fourth-order valence-electron chi connectivity index (χ4n) is 4.45. The highest BCUT2D eigenvalue weighted by molar-refractivity contribution is 5.98. The smallest absolute Gasteiger partial charge is 0.267 e. The molecule has 2 saturated heterocycles. The number of piperidine rings is 1. The third-order valence-corrected chi connectivity index (χ3v) is 6.59. The minimum absolute atomic E-state index is 0.0101. The molecule has 1 aromatic carbocycles. The molecule has 2 aliphatic heterocycles. The van der Waals surface area contributed by atoms with Crippen molar-refractivity contribution in [2.45, 2.75) is 46.1 Å². The first-order valence-corrected chi connectivity index (χ1v) is 10.6. The van der Waals surface area contributed by atoms with E-state index in [1.807, 2.05) is 11.8 Å². The van der Waals surface area contributed by atoms with Gasteiger partial charge in [-0.25, -0.2) is 9.49 Å². The Balaban J connectivity index is 1.56. The average molecular weight is 426 g/mol. The van der Waals surface area contributed by atoms with E-state index in [1.165, 1.54) is 17.0 Å². The Morgan fingerprint density at radius 3 is 2.81 bits per heavy atom. The van der Waals surface area contributed by atoms with Crippen molar-refractivity contribution >= 4 is 11.7 Å². The number of amides is 1. The minimum Gasteiger partial charge on any atom is -0.318 e. The lowest BCUT2D eigenvalue weighted by Gasteiger charge is -2.44. The highest BCUT2D eigenvalue weighted by Crippen LogP contribution is 2.27. The molecule has 31 heavy (non-hydrogen) atoms. The summed E-state index contributed by atoms with van der Waals surface area (Å²) in [5.41, 5.74) is 2.44. The van der Waals surface area contributed by atoms with Gasteiger partial charge in [0.15, 0.2) is 5.78 Å². The van der Waals surface area contributed by atoms with Crippen LogP contribution >= 0.6 is 0 Å². The van der Waals surface area contributed by atoms with Crippen molar-refractivity contribution in [2.75, 3.05) is 19.8 Å². The molecule has 0 bridgehead atoms. The Kier molecular flexibility index (Phi) is 5.75. The molecule has 2 fully saturated rings. The zero-order chi connectivity index (χ0) is 22.3. The lowest BCUT2D eigenvalue weighted by molar-refractivity contribution is -0.133. The predicted octanol–water partition coefficient (Wildman–Crippen LogP) is 2.20. The first kappa shape index (κ1) is 21.4. The van der Waals surface area contributed by atoms with Crippen LogP contribution in [0.2, 0.25) is 0 Å². The first-order valence-electron chi connectivity index (χ1n) is 10.6. The van der Waals surface area contributed by atoms with E-state index < -0.39 is 11.7 Å². The Morgan fingerprint density at radius 2 is 2.03 bits per heavy atom. The van der Waals surface area contributed by atoms with Crippen LogP contribution in [0.5, 0.6) is 0 Å². The third-order valence-electron chi connectivity index (χ3n) is 6.59. The van der Waals surface area contributed by atoms with E-state index in [-0.39, 0.29) is 29.5 Å². The fourth-order valence-corrected chi connectivity index (χ4v) is 4.45. The molecular weight excluding hydrogens is 399 g/mol. The number of halogens is 1. The van der Waals surface area contributed by atoms with E-state index in [9.17, 15) is 18.8 Å². The largest absolute Gasteiger partial charge is 0.318 e. The number of H-pyrrole nitrogens is 1. The van der Waals surface area contributed by atoms with E-state index in [4.69, 9.17) is 0 Å². The topological polar surface area (TPSA) is 86.4 Å². The third kappa shape index (κ3) is 4.17. The van der Waals surface area contributed by atoms with Crippen LogP contribution in [-0.4, -0.2) is 57.5 Å².